The van der Waals surface area contributed by atoms with Crippen LogP contribution in [0.1, 0.15) is 36.2 Å². The number of nitrogens with zero attached hydrogens (tertiary/aromatic N) is 2. The van der Waals surface area contributed by atoms with Gasteiger partial charge in [-0.15, -0.1) is 11.3 Å². The molecule has 4 rings (SSSR count). The number of hydrogen-bond acceptors (Lipinski definition) is 6. The number of aromatic nitrogens is 1. The van der Waals surface area contributed by atoms with Crippen LogP contribution < -0.4 is 11.1 Å². The van der Waals surface area contributed by atoms with E-state index in [0.29, 0.717) is 10.8 Å². The molecule has 0 atom stereocenters. The minimum Gasteiger partial charge on any atom is -0.392 e. The molecule has 7 heteroatoms. The van der Waals surface area contributed by atoms with Crippen LogP contribution in [0.5, 0.6) is 0 Å². The fourth-order valence-electron chi connectivity index (χ4n) is 3.74. The number of carbonyl (C=O) groups excluding carboxylic acids is 1. The zero-order valence-electron chi connectivity index (χ0n) is 18.9. The summed E-state index contributed by atoms with van der Waals surface area (Å²) in [6.45, 7) is 3.61. The maximum atomic E-state index is 11.9. The van der Waals surface area contributed by atoms with Gasteiger partial charge in [0.25, 0.3) is 5.91 Å². The molecule has 0 saturated carbocycles. The molecule has 34 heavy (non-hydrogen) atoms. The van der Waals surface area contributed by atoms with Crippen molar-refractivity contribution in [3.8, 4) is 0 Å². The molecule has 2 N–H and O–H groups in total. The topological polar surface area (TPSA) is 87.4 Å². The van der Waals surface area contributed by atoms with Crippen LogP contribution in [-0.4, -0.2) is 22.7 Å². The van der Waals surface area contributed by atoms with Crippen LogP contribution in [0.2, 0.25) is 0 Å². The summed E-state index contributed by atoms with van der Waals surface area (Å²) in [4.78, 5) is 21.8. The van der Waals surface area contributed by atoms with E-state index in [-0.39, 0.29) is 11.8 Å². The minimum absolute atomic E-state index is 0.122. The number of carbonyl (C=O) groups is 1. The van der Waals surface area contributed by atoms with Gasteiger partial charge in [0.05, 0.1) is 0 Å². The monoisotopic (exact) mass is 469 g/mol. The lowest BCUT2D eigenvalue weighted by Crippen LogP contribution is -2.38. The van der Waals surface area contributed by atoms with Crippen molar-refractivity contribution in [1.82, 2.24) is 10.7 Å². The Balaban J connectivity index is 1.85. The highest BCUT2D eigenvalue weighted by Gasteiger charge is 2.37. The summed E-state index contributed by atoms with van der Waals surface area (Å²) >= 11 is 1.35. The molecule has 1 radical (unpaired) electrons. The summed E-state index contributed by atoms with van der Waals surface area (Å²) in [7, 11) is 0. The fourth-order valence-corrected chi connectivity index (χ4v) is 4.49. The Morgan fingerprint density at radius 2 is 1.38 bits per heavy atom. The molecule has 0 aliphatic heterocycles. The van der Waals surface area contributed by atoms with E-state index in [1.807, 2.05) is 54.6 Å². The molecule has 6 nitrogen and oxygen atoms in total. The molecule has 171 valence electrons. The van der Waals surface area contributed by atoms with Gasteiger partial charge in [-0.2, -0.15) is 0 Å². The summed E-state index contributed by atoms with van der Waals surface area (Å²) in [6.07, 6.45) is -0.215. The largest absolute Gasteiger partial charge is 0.392 e. The predicted octanol–water partition coefficient (Wildman–Crippen LogP) is 5.49. The van der Waals surface area contributed by atoms with Crippen LogP contribution in [0.3, 0.4) is 0 Å². The third kappa shape index (κ3) is 4.84. The third-order valence-electron chi connectivity index (χ3n) is 5.23. The van der Waals surface area contributed by atoms with Gasteiger partial charge in [-0.05, 0) is 30.5 Å². The van der Waals surface area contributed by atoms with Crippen LogP contribution >= 0.6 is 11.3 Å². The molecule has 3 aromatic carbocycles. The zero-order chi connectivity index (χ0) is 24.0. The molecule has 0 saturated heterocycles. The van der Waals surface area contributed by atoms with Crippen molar-refractivity contribution >= 4 is 28.1 Å². The van der Waals surface area contributed by atoms with Crippen LogP contribution in [0.25, 0.3) is 0 Å². The minimum atomic E-state index is -0.946. The first kappa shape index (κ1) is 23.2. The van der Waals surface area contributed by atoms with E-state index < -0.39 is 11.4 Å². The van der Waals surface area contributed by atoms with Crippen molar-refractivity contribution in [3.63, 3.8) is 0 Å². The molecule has 4 aromatic rings. The number of thiazole rings is 1. The first-order valence-electron chi connectivity index (χ1n) is 10.9. The number of benzene rings is 3. The molecule has 0 spiro atoms. The molecule has 0 bridgehead atoms. The second kappa shape index (κ2) is 10.3. The van der Waals surface area contributed by atoms with Gasteiger partial charge in [0.2, 0.25) is 0 Å². The fraction of sp³-hybridized carbons (Fsp3) is 0.148. The van der Waals surface area contributed by atoms with Crippen LogP contribution in [-0.2, 0) is 15.2 Å². The number of oxime groups is 1. The molecule has 0 fully saturated rings. The van der Waals surface area contributed by atoms with Gasteiger partial charge in [-0.3, -0.25) is 10.5 Å². The van der Waals surface area contributed by atoms with Crippen LogP contribution in [0.4, 0.5) is 5.13 Å². The smallest absolute Gasteiger partial charge is 0.294 e. The van der Waals surface area contributed by atoms with Gasteiger partial charge in [0.15, 0.2) is 10.8 Å². The van der Waals surface area contributed by atoms with Crippen molar-refractivity contribution in [2.24, 2.45) is 5.16 Å². The maximum absolute atomic E-state index is 11.9. The van der Waals surface area contributed by atoms with Crippen molar-refractivity contribution in [2.75, 3.05) is 5.32 Å². The van der Waals surface area contributed by atoms with Gasteiger partial charge < -0.3 is 10.2 Å². The van der Waals surface area contributed by atoms with E-state index >= 15 is 0 Å². The van der Waals surface area contributed by atoms with Crippen molar-refractivity contribution in [2.45, 2.75) is 25.5 Å². The lowest BCUT2D eigenvalue weighted by atomic mass is 9.77. The average molecular weight is 470 g/mol. The summed E-state index contributed by atoms with van der Waals surface area (Å²) in [5.41, 5.74) is 10.2. The highest BCUT2D eigenvalue weighted by Crippen LogP contribution is 2.40. The lowest BCUT2D eigenvalue weighted by molar-refractivity contribution is -0.112. The number of nitrogens with one attached hydrogen (secondary N) is 2. The van der Waals surface area contributed by atoms with E-state index in [2.05, 4.69) is 51.9 Å². The Hall–Kier alpha value is -3.97. The van der Waals surface area contributed by atoms with Crippen LogP contribution in [0, 0.1) is 0 Å². The van der Waals surface area contributed by atoms with E-state index in [0.717, 1.165) is 16.7 Å². The second-order valence-corrected chi connectivity index (χ2v) is 8.79. The zero-order valence-corrected chi connectivity index (χ0v) is 19.8. The predicted molar refractivity (Wildman–Crippen MR) is 136 cm³/mol. The van der Waals surface area contributed by atoms with Gasteiger partial charge in [0.1, 0.15) is 17.3 Å². The Morgan fingerprint density at radius 3 is 1.79 bits per heavy atom. The summed E-state index contributed by atoms with van der Waals surface area (Å²) in [5.74, 6) is -0.946. The lowest BCUT2D eigenvalue weighted by Gasteiger charge is -2.36. The third-order valence-corrected chi connectivity index (χ3v) is 5.99. The van der Waals surface area contributed by atoms with E-state index in [9.17, 15) is 4.79 Å². The SMILES string of the molecule is CC(C)O/N=C(/C([NH])=O)c1csc(NC(c2ccccc2)(c2ccccc2)c2ccccc2)n1. The molecule has 0 aliphatic carbocycles. The molecule has 1 aromatic heterocycles. The van der Waals surface area contributed by atoms with E-state index in [1.54, 1.807) is 19.2 Å². The molecule has 0 unspecified atom stereocenters. The van der Waals surface area contributed by atoms with Crippen molar-refractivity contribution in [3.05, 3.63) is 119 Å². The quantitative estimate of drug-likeness (QED) is 0.200. The summed E-state index contributed by atoms with van der Waals surface area (Å²) in [5, 5.41) is 9.83. The average Bonchev–Trinajstić information content (AvgIpc) is 3.32. The standard InChI is InChI=1S/C27H25N4O2S/c1-19(2)33-31-24(25(28)32)23-18-34-26(29-23)30-27(20-12-6-3-7-13-20,21-14-8-4-9-15-21)22-16-10-5-11-17-22/h3-19,28H,1-2H3,(H,29,30)/b31-24+. The summed E-state index contributed by atoms with van der Waals surface area (Å²) in [6, 6.07) is 30.5. The number of amides is 1. The Labute approximate surface area is 203 Å². The van der Waals surface area contributed by atoms with Crippen LogP contribution in [0.15, 0.2) is 102 Å². The number of rotatable bonds is 9. The molecule has 1 heterocycles. The van der Waals surface area contributed by atoms with Gasteiger partial charge >= 0.3 is 0 Å². The second-order valence-electron chi connectivity index (χ2n) is 7.93. The molecule has 1 amide bonds. The summed E-state index contributed by atoms with van der Waals surface area (Å²) < 4.78 is 0. The Bertz CT molecular complexity index is 1160. The Morgan fingerprint density at radius 1 is 0.912 bits per heavy atom. The van der Waals surface area contributed by atoms with Crippen molar-refractivity contribution in [1.29, 1.82) is 0 Å². The molecule has 0 aliphatic rings. The number of anilines is 1. The number of hydrogen-bond donors (Lipinski definition) is 1. The maximum Gasteiger partial charge on any atom is 0.294 e. The van der Waals surface area contributed by atoms with Gasteiger partial charge in [0, 0.05) is 5.38 Å². The van der Waals surface area contributed by atoms with E-state index in [4.69, 9.17) is 10.6 Å². The highest BCUT2D eigenvalue weighted by molar-refractivity contribution is 7.14. The van der Waals surface area contributed by atoms with Gasteiger partial charge in [-0.1, -0.05) is 96.2 Å². The molecular formula is C27H25N4O2S. The molecular weight excluding hydrogens is 444 g/mol. The first-order chi connectivity index (χ1) is 16.5. The van der Waals surface area contributed by atoms with Crippen molar-refractivity contribution < 1.29 is 9.63 Å². The normalized spacial score (nSPS) is 11.9. The Kier molecular flexibility index (Phi) is 7.04. The highest BCUT2D eigenvalue weighted by atomic mass is 32.1. The first-order valence-corrected chi connectivity index (χ1v) is 11.8. The van der Waals surface area contributed by atoms with Gasteiger partial charge in [-0.25, -0.2) is 4.98 Å². The van der Waals surface area contributed by atoms with E-state index in [1.165, 1.54) is 11.3 Å².